The Morgan fingerprint density at radius 2 is 1.80 bits per heavy atom. The highest BCUT2D eigenvalue weighted by molar-refractivity contribution is 6.01. The first kappa shape index (κ1) is 19.4. The number of amides is 1. The molecule has 0 aliphatic rings. The summed E-state index contributed by atoms with van der Waals surface area (Å²) in [6, 6.07) is 17.5. The van der Waals surface area contributed by atoms with Gasteiger partial charge in [-0.25, -0.2) is 14.3 Å². The highest BCUT2D eigenvalue weighted by Crippen LogP contribution is 2.16. The SMILES string of the molecule is Cc1ccc(Cn2cnc(NC(=O)c3ccn(COc4ccccc4C)n3)n2)cc1. The van der Waals surface area contributed by atoms with Gasteiger partial charge in [-0.1, -0.05) is 48.0 Å². The second kappa shape index (κ2) is 8.60. The lowest BCUT2D eigenvalue weighted by atomic mass is 10.1. The molecule has 0 saturated carbocycles. The predicted molar refractivity (Wildman–Crippen MR) is 112 cm³/mol. The Morgan fingerprint density at radius 3 is 2.60 bits per heavy atom. The summed E-state index contributed by atoms with van der Waals surface area (Å²) in [5.41, 5.74) is 3.61. The smallest absolute Gasteiger partial charge is 0.278 e. The van der Waals surface area contributed by atoms with Crippen molar-refractivity contribution in [1.29, 1.82) is 0 Å². The van der Waals surface area contributed by atoms with Crippen molar-refractivity contribution in [2.75, 3.05) is 5.32 Å². The number of hydrogen-bond donors (Lipinski definition) is 1. The Kier molecular flexibility index (Phi) is 5.56. The van der Waals surface area contributed by atoms with Crippen LogP contribution in [0.15, 0.2) is 67.1 Å². The van der Waals surface area contributed by atoms with Crippen LogP contribution < -0.4 is 10.1 Å². The Hall–Kier alpha value is -3.94. The van der Waals surface area contributed by atoms with Crippen LogP contribution in [0.1, 0.15) is 27.2 Å². The number of nitrogens with one attached hydrogen (secondary N) is 1. The molecule has 0 aliphatic carbocycles. The molecule has 2 heterocycles. The molecule has 4 rings (SSSR count). The van der Waals surface area contributed by atoms with Gasteiger partial charge in [0.25, 0.3) is 5.91 Å². The lowest BCUT2D eigenvalue weighted by Gasteiger charge is -2.08. The molecule has 152 valence electrons. The van der Waals surface area contributed by atoms with Crippen LogP contribution in [0.2, 0.25) is 0 Å². The molecule has 1 amide bonds. The second-order valence-electron chi connectivity index (χ2n) is 6.98. The topological polar surface area (TPSA) is 86.9 Å². The van der Waals surface area contributed by atoms with Crippen molar-refractivity contribution in [1.82, 2.24) is 24.5 Å². The fraction of sp³-hybridized carbons (Fsp3) is 0.182. The van der Waals surface area contributed by atoms with E-state index in [0.29, 0.717) is 6.54 Å². The number of aryl methyl sites for hydroxylation is 2. The first-order valence-corrected chi connectivity index (χ1v) is 9.55. The summed E-state index contributed by atoms with van der Waals surface area (Å²) in [6.07, 6.45) is 3.28. The van der Waals surface area contributed by atoms with Gasteiger partial charge in [0.15, 0.2) is 12.4 Å². The molecule has 2 aromatic carbocycles. The fourth-order valence-electron chi connectivity index (χ4n) is 2.88. The lowest BCUT2D eigenvalue weighted by Crippen LogP contribution is -2.15. The van der Waals surface area contributed by atoms with Gasteiger partial charge < -0.3 is 4.74 Å². The summed E-state index contributed by atoms with van der Waals surface area (Å²) in [7, 11) is 0. The van der Waals surface area contributed by atoms with Gasteiger partial charge in [-0.3, -0.25) is 10.1 Å². The lowest BCUT2D eigenvalue weighted by molar-refractivity contribution is 0.101. The molecular formula is C22H22N6O2. The van der Waals surface area contributed by atoms with Gasteiger partial charge in [-0.2, -0.15) is 5.10 Å². The molecule has 0 saturated heterocycles. The van der Waals surface area contributed by atoms with Crippen LogP contribution in [0.4, 0.5) is 5.95 Å². The van der Waals surface area contributed by atoms with Gasteiger partial charge in [0.1, 0.15) is 12.1 Å². The maximum Gasteiger partial charge on any atom is 0.278 e. The summed E-state index contributed by atoms with van der Waals surface area (Å²) in [4.78, 5) is 16.6. The minimum atomic E-state index is -0.377. The number of para-hydroxylation sites is 1. The van der Waals surface area contributed by atoms with Crippen molar-refractivity contribution >= 4 is 11.9 Å². The first-order chi connectivity index (χ1) is 14.6. The first-order valence-electron chi connectivity index (χ1n) is 9.55. The van der Waals surface area contributed by atoms with E-state index in [-0.39, 0.29) is 24.3 Å². The number of carbonyl (C=O) groups excluding carboxylic acids is 1. The standard InChI is InChI=1S/C22H22N6O2/c1-16-7-9-18(10-8-16)13-28-14-23-22(26-28)24-21(29)19-11-12-27(25-19)15-30-20-6-4-3-5-17(20)2/h3-12,14H,13,15H2,1-2H3,(H,24,26,29). The second-order valence-corrected chi connectivity index (χ2v) is 6.98. The number of ether oxygens (including phenoxy) is 1. The van der Waals surface area contributed by atoms with E-state index >= 15 is 0 Å². The normalized spacial score (nSPS) is 10.7. The van der Waals surface area contributed by atoms with Crippen LogP contribution in [0.3, 0.4) is 0 Å². The molecule has 8 heteroatoms. The van der Waals surface area contributed by atoms with E-state index in [1.807, 2.05) is 62.4 Å². The van der Waals surface area contributed by atoms with Crippen molar-refractivity contribution in [3.63, 3.8) is 0 Å². The third-order valence-corrected chi connectivity index (χ3v) is 4.55. The molecule has 4 aromatic rings. The minimum Gasteiger partial charge on any atom is -0.471 e. The number of anilines is 1. The number of carbonyl (C=O) groups is 1. The Morgan fingerprint density at radius 1 is 1.00 bits per heavy atom. The molecule has 0 unspecified atom stereocenters. The molecule has 8 nitrogen and oxygen atoms in total. The molecular weight excluding hydrogens is 380 g/mol. The van der Waals surface area contributed by atoms with Crippen LogP contribution in [-0.2, 0) is 13.3 Å². The van der Waals surface area contributed by atoms with E-state index in [2.05, 4.69) is 20.5 Å². The zero-order valence-electron chi connectivity index (χ0n) is 16.8. The maximum absolute atomic E-state index is 12.4. The molecule has 0 bridgehead atoms. The van der Waals surface area contributed by atoms with E-state index in [9.17, 15) is 4.79 Å². The van der Waals surface area contributed by atoms with Gasteiger partial charge in [-0.05, 0) is 37.1 Å². The largest absolute Gasteiger partial charge is 0.471 e. The van der Waals surface area contributed by atoms with E-state index in [4.69, 9.17) is 4.74 Å². The van der Waals surface area contributed by atoms with E-state index in [0.717, 1.165) is 16.9 Å². The number of aromatic nitrogens is 5. The summed E-state index contributed by atoms with van der Waals surface area (Å²) < 4.78 is 8.98. The number of benzene rings is 2. The number of nitrogens with zero attached hydrogens (tertiary/aromatic N) is 5. The Balaban J connectivity index is 1.34. The molecule has 0 aliphatic heterocycles. The van der Waals surface area contributed by atoms with Crippen LogP contribution in [0.25, 0.3) is 0 Å². The zero-order valence-corrected chi connectivity index (χ0v) is 16.8. The molecule has 0 atom stereocenters. The van der Waals surface area contributed by atoms with Crippen molar-refractivity contribution in [2.45, 2.75) is 27.1 Å². The highest BCUT2D eigenvalue weighted by Gasteiger charge is 2.13. The average Bonchev–Trinajstić information content (AvgIpc) is 3.39. The molecule has 0 radical (unpaired) electrons. The Labute approximate surface area is 174 Å². The summed E-state index contributed by atoms with van der Waals surface area (Å²) in [6.45, 7) is 4.81. The molecule has 0 fully saturated rings. The maximum atomic E-state index is 12.4. The number of hydrogen-bond acceptors (Lipinski definition) is 5. The van der Waals surface area contributed by atoms with Gasteiger partial charge >= 0.3 is 0 Å². The van der Waals surface area contributed by atoms with Gasteiger partial charge in [-0.15, -0.1) is 5.10 Å². The molecule has 2 aromatic heterocycles. The predicted octanol–water partition coefficient (Wildman–Crippen LogP) is 3.43. The van der Waals surface area contributed by atoms with Crippen molar-refractivity contribution in [2.24, 2.45) is 0 Å². The van der Waals surface area contributed by atoms with Crippen LogP contribution in [0, 0.1) is 13.8 Å². The highest BCUT2D eigenvalue weighted by atomic mass is 16.5. The number of rotatable bonds is 7. The van der Waals surface area contributed by atoms with E-state index < -0.39 is 0 Å². The minimum absolute atomic E-state index is 0.210. The van der Waals surface area contributed by atoms with Crippen LogP contribution in [0.5, 0.6) is 5.75 Å². The van der Waals surface area contributed by atoms with Crippen molar-refractivity contribution < 1.29 is 9.53 Å². The average molecular weight is 402 g/mol. The Bertz CT molecular complexity index is 1150. The van der Waals surface area contributed by atoms with Gasteiger partial charge in [0.05, 0.1) is 6.54 Å². The van der Waals surface area contributed by atoms with Gasteiger partial charge in [0.2, 0.25) is 5.95 Å². The fourth-order valence-corrected chi connectivity index (χ4v) is 2.88. The third kappa shape index (κ3) is 4.72. The van der Waals surface area contributed by atoms with Crippen molar-refractivity contribution in [3.05, 3.63) is 89.5 Å². The van der Waals surface area contributed by atoms with Gasteiger partial charge in [0, 0.05) is 6.20 Å². The zero-order chi connectivity index (χ0) is 20.9. The summed E-state index contributed by atoms with van der Waals surface area (Å²) in [5.74, 6) is 0.637. The molecule has 1 N–H and O–H groups in total. The van der Waals surface area contributed by atoms with Crippen LogP contribution in [-0.4, -0.2) is 30.5 Å². The summed E-state index contributed by atoms with van der Waals surface area (Å²) in [5, 5.41) is 11.2. The molecule has 30 heavy (non-hydrogen) atoms. The van der Waals surface area contributed by atoms with Crippen molar-refractivity contribution in [3.8, 4) is 5.75 Å². The quantitative estimate of drug-likeness (QED) is 0.512. The molecule has 0 spiro atoms. The summed E-state index contributed by atoms with van der Waals surface area (Å²) >= 11 is 0. The van der Waals surface area contributed by atoms with E-state index in [1.165, 1.54) is 5.56 Å². The van der Waals surface area contributed by atoms with E-state index in [1.54, 1.807) is 28.0 Å². The monoisotopic (exact) mass is 402 g/mol. The van der Waals surface area contributed by atoms with Crippen LogP contribution >= 0.6 is 0 Å². The third-order valence-electron chi connectivity index (χ3n) is 4.55.